The van der Waals surface area contributed by atoms with Gasteiger partial charge in [-0.15, -0.1) is 0 Å². The molecule has 1 fully saturated rings. The monoisotopic (exact) mass is 191 g/mol. The molecule has 1 saturated carbocycles. The van der Waals surface area contributed by atoms with Crippen LogP contribution in [0.4, 0.5) is 0 Å². The van der Waals surface area contributed by atoms with Crippen molar-refractivity contribution in [2.24, 2.45) is 11.1 Å². The van der Waals surface area contributed by atoms with E-state index in [9.17, 15) is 8.42 Å². The van der Waals surface area contributed by atoms with Crippen LogP contribution in [0.2, 0.25) is 0 Å². The van der Waals surface area contributed by atoms with Gasteiger partial charge in [0.2, 0.25) is 10.0 Å². The summed E-state index contributed by atoms with van der Waals surface area (Å²) in [5.74, 6) is 0.347. The molecule has 1 aliphatic carbocycles. The second-order valence-corrected chi connectivity index (χ2v) is 5.39. The molecule has 72 valence electrons. The van der Waals surface area contributed by atoms with Gasteiger partial charge in [0.05, 0.1) is 5.25 Å². The Bertz CT molecular complexity index is 231. The molecular formula is C8H17NO2S. The van der Waals surface area contributed by atoms with Crippen molar-refractivity contribution in [1.82, 2.24) is 0 Å². The summed E-state index contributed by atoms with van der Waals surface area (Å²) in [5, 5.41) is 4.88. The molecule has 12 heavy (non-hydrogen) atoms. The van der Waals surface area contributed by atoms with E-state index in [0.29, 0.717) is 5.92 Å². The van der Waals surface area contributed by atoms with E-state index in [-0.39, 0.29) is 5.25 Å². The third-order valence-electron chi connectivity index (χ3n) is 2.67. The van der Waals surface area contributed by atoms with Gasteiger partial charge in [-0.3, -0.25) is 0 Å². The summed E-state index contributed by atoms with van der Waals surface area (Å²) in [6.45, 7) is 2.00. The normalized spacial score (nSPS) is 21.8. The topological polar surface area (TPSA) is 60.2 Å². The number of hydrogen-bond acceptors (Lipinski definition) is 2. The van der Waals surface area contributed by atoms with Gasteiger partial charge in [0.1, 0.15) is 0 Å². The molecule has 0 aromatic carbocycles. The Labute approximate surface area is 74.4 Å². The molecule has 0 aromatic heterocycles. The summed E-state index contributed by atoms with van der Waals surface area (Å²) in [5.41, 5.74) is 0. The van der Waals surface area contributed by atoms with Crippen LogP contribution in [0.3, 0.4) is 0 Å². The molecule has 3 nitrogen and oxygen atoms in total. The van der Waals surface area contributed by atoms with Crippen molar-refractivity contribution >= 4 is 10.0 Å². The highest BCUT2D eigenvalue weighted by Gasteiger charge is 2.33. The molecule has 0 heterocycles. The molecular weight excluding hydrogens is 174 g/mol. The Kier molecular flexibility index (Phi) is 3.12. The maximum Gasteiger partial charge on any atom is 0.212 e. The molecule has 1 aliphatic rings. The third-order valence-corrected chi connectivity index (χ3v) is 4.14. The molecule has 0 aliphatic heterocycles. The lowest BCUT2D eigenvalue weighted by Crippen LogP contribution is -2.38. The zero-order valence-electron chi connectivity index (χ0n) is 7.49. The fourth-order valence-electron chi connectivity index (χ4n) is 1.76. The maximum atomic E-state index is 11.1. The summed E-state index contributed by atoms with van der Waals surface area (Å²) < 4.78 is 22.3. The molecule has 0 bridgehead atoms. The first-order chi connectivity index (χ1) is 5.55. The lowest BCUT2D eigenvalue weighted by molar-refractivity contribution is 0.290. The standard InChI is InChI=1S/C8H17NO2S/c1-2-4-8(12(9,10)11)7-5-3-6-7/h7-8H,2-6H2,1H3,(H2,9,10,11). The minimum atomic E-state index is -3.29. The molecule has 0 radical (unpaired) electrons. The Hall–Kier alpha value is -0.0900. The lowest BCUT2D eigenvalue weighted by atomic mass is 9.81. The largest absolute Gasteiger partial charge is 0.228 e. The van der Waals surface area contributed by atoms with Crippen LogP contribution in [0.25, 0.3) is 0 Å². The van der Waals surface area contributed by atoms with Crippen LogP contribution >= 0.6 is 0 Å². The second-order valence-electron chi connectivity index (χ2n) is 3.61. The number of sulfonamides is 1. The van der Waals surface area contributed by atoms with Crippen LogP contribution < -0.4 is 5.14 Å². The van der Waals surface area contributed by atoms with Crippen LogP contribution in [0.5, 0.6) is 0 Å². The quantitative estimate of drug-likeness (QED) is 0.727. The van der Waals surface area contributed by atoms with E-state index in [1.165, 1.54) is 6.42 Å². The Morgan fingerprint density at radius 3 is 2.33 bits per heavy atom. The zero-order chi connectivity index (χ0) is 9.19. The highest BCUT2D eigenvalue weighted by molar-refractivity contribution is 7.89. The number of hydrogen-bond donors (Lipinski definition) is 1. The van der Waals surface area contributed by atoms with E-state index < -0.39 is 10.0 Å². The molecule has 0 saturated heterocycles. The summed E-state index contributed by atoms with van der Waals surface area (Å²) in [4.78, 5) is 0. The van der Waals surface area contributed by atoms with E-state index in [1.54, 1.807) is 0 Å². The van der Waals surface area contributed by atoms with Gasteiger partial charge in [-0.05, 0) is 25.2 Å². The number of primary sulfonamides is 1. The number of nitrogens with two attached hydrogens (primary N) is 1. The first-order valence-corrected chi connectivity index (χ1v) is 6.18. The average molecular weight is 191 g/mol. The van der Waals surface area contributed by atoms with E-state index in [1.807, 2.05) is 6.92 Å². The van der Waals surface area contributed by atoms with Crippen LogP contribution in [0.1, 0.15) is 39.0 Å². The summed E-state index contributed by atoms with van der Waals surface area (Å²) in [7, 11) is -3.29. The van der Waals surface area contributed by atoms with E-state index >= 15 is 0 Å². The summed E-state index contributed by atoms with van der Waals surface area (Å²) in [6, 6.07) is 0. The molecule has 1 rings (SSSR count). The van der Waals surface area contributed by atoms with Crippen molar-refractivity contribution in [3.8, 4) is 0 Å². The predicted molar refractivity (Wildman–Crippen MR) is 49.1 cm³/mol. The fraction of sp³-hybridized carbons (Fsp3) is 1.00. The lowest BCUT2D eigenvalue weighted by Gasteiger charge is -2.31. The van der Waals surface area contributed by atoms with Crippen LogP contribution in [0, 0.1) is 5.92 Å². The smallest absolute Gasteiger partial charge is 0.212 e. The Balaban J connectivity index is 2.60. The number of rotatable bonds is 4. The van der Waals surface area contributed by atoms with Gasteiger partial charge in [0.15, 0.2) is 0 Å². The first-order valence-electron chi connectivity index (χ1n) is 4.57. The van der Waals surface area contributed by atoms with Crippen molar-refractivity contribution in [3.05, 3.63) is 0 Å². The first kappa shape index (κ1) is 9.99. The molecule has 4 heteroatoms. The molecule has 1 unspecified atom stereocenters. The van der Waals surface area contributed by atoms with Crippen LogP contribution in [-0.2, 0) is 10.0 Å². The minimum Gasteiger partial charge on any atom is -0.228 e. The maximum absolute atomic E-state index is 11.1. The SMILES string of the molecule is CCCC(C1CCC1)S(N)(=O)=O. The molecule has 0 amide bonds. The van der Waals surface area contributed by atoms with Gasteiger partial charge in [0.25, 0.3) is 0 Å². The van der Waals surface area contributed by atoms with Gasteiger partial charge in [-0.25, -0.2) is 13.6 Å². The van der Waals surface area contributed by atoms with E-state index in [0.717, 1.165) is 25.7 Å². The molecule has 0 aromatic rings. The highest BCUT2D eigenvalue weighted by Crippen LogP contribution is 2.34. The van der Waals surface area contributed by atoms with E-state index in [4.69, 9.17) is 5.14 Å². The van der Waals surface area contributed by atoms with E-state index in [2.05, 4.69) is 0 Å². The van der Waals surface area contributed by atoms with Crippen LogP contribution in [0.15, 0.2) is 0 Å². The highest BCUT2D eigenvalue weighted by atomic mass is 32.2. The minimum absolute atomic E-state index is 0.267. The zero-order valence-corrected chi connectivity index (χ0v) is 8.31. The van der Waals surface area contributed by atoms with Crippen molar-refractivity contribution in [2.45, 2.75) is 44.3 Å². The average Bonchev–Trinajstić information content (AvgIpc) is 1.80. The van der Waals surface area contributed by atoms with Gasteiger partial charge in [-0.2, -0.15) is 0 Å². The molecule has 0 spiro atoms. The molecule has 2 N–H and O–H groups in total. The molecule has 1 atom stereocenters. The van der Waals surface area contributed by atoms with Crippen LogP contribution in [-0.4, -0.2) is 13.7 Å². The van der Waals surface area contributed by atoms with Gasteiger partial charge in [-0.1, -0.05) is 19.8 Å². The fourth-order valence-corrected chi connectivity index (χ4v) is 3.14. The second kappa shape index (κ2) is 3.75. The van der Waals surface area contributed by atoms with Crippen molar-refractivity contribution < 1.29 is 8.42 Å². The summed E-state index contributed by atoms with van der Waals surface area (Å²) in [6.07, 6.45) is 4.88. The third kappa shape index (κ3) is 2.20. The van der Waals surface area contributed by atoms with Gasteiger partial charge < -0.3 is 0 Å². The predicted octanol–water partition coefficient (Wildman–Crippen LogP) is 1.24. The van der Waals surface area contributed by atoms with Crippen molar-refractivity contribution in [1.29, 1.82) is 0 Å². The van der Waals surface area contributed by atoms with Gasteiger partial charge in [0, 0.05) is 0 Å². The Morgan fingerprint density at radius 1 is 1.50 bits per heavy atom. The van der Waals surface area contributed by atoms with Crippen molar-refractivity contribution in [3.63, 3.8) is 0 Å². The van der Waals surface area contributed by atoms with Crippen molar-refractivity contribution in [2.75, 3.05) is 0 Å². The summed E-state index contributed by atoms with van der Waals surface area (Å²) >= 11 is 0. The Morgan fingerprint density at radius 2 is 2.08 bits per heavy atom. The van der Waals surface area contributed by atoms with Gasteiger partial charge >= 0.3 is 0 Å².